The Morgan fingerprint density at radius 2 is 1.78 bits per heavy atom. The van der Waals surface area contributed by atoms with E-state index in [9.17, 15) is 22.8 Å². The number of hydrogen-bond donors (Lipinski definition) is 1. The van der Waals surface area contributed by atoms with Crippen molar-refractivity contribution in [2.45, 2.75) is 31.9 Å². The van der Waals surface area contributed by atoms with Crippen LogP contribution in [0.3, 0.4) is 0 Å². The molecule has 1 N–H and O–H groups in total. The molecule has 7 heteroatoms. The second-order valence-corrected chi connectivity index (χ2v) is 5.76. The highest BCUT2D eigenvalue weighted by Crippen LogP contribution is 2.29. The number of benzene rings is 1. The lowest BCUT2D eigenvalue weighted by molar-refractivity contribution is -0.138. The normalized spacial score (nSPS) is 19.3. The van der Waals surface area contributed by atoms with Crippen LogP contribution in [0.5, 0.6) is 0 Å². The summed E-state index contributed by atoms with van der Waals surface area (Å²) < 4.78 is 37.6. The zero-order chi connectivity index (χ0) is 17.0. The first-order chi connectivity index (χ1) is 10.8. The van der Waals surface area contributed by atoms with Crippen LogP contribution in [-0.4, -0.2) is 35.0 Å². The van der Waals surface area contributed by atoms with Crippen molar-refractivity contribution in [3.8, 4) is 0 Å². The van der Waals surface area contributed by atoms with E-state index in [2.05, 4.69) is 0 Å². The number of aliphatic carboxylic acids is 1. The lowest BCUT2D eigenvalue weighted by Crippen LogP contribution is -2.32. The monoisotopic (exact) mass is 329 g/mol. The van der Waals surface area contributed by atoms with E-state index >= 15 is 0 Å². The van der Waals surface area contributed by atoms with Gasteiger partial charge in [0.2, 0.25) is 0 Å². The van der Waals surface area contributed by atoms with Crippen LogP contribution in [0.1, 0.15) is 41.6 Å². The zero-order valence-corrected chi connectivity index (χ0v) is 12.5. The van der Waals surface area contributed by atoms with Gasteiger partial charge in [-0.3, -0.25) is 9.59 Å². The summed E-state index contributed by atoms with van der Waals surface area (Å²) >= 11 is 0. The van der Waals surface area contributed by atoms with Gasteiger partial charge in [-0.1, -0.05) is 0 Å². The zero-order valence-electron chi connectivity index (χ0n) is 12.5. The van der Waals surface area contributed by atoms with Crippen LogP contribution in [-0.2, 0) is 11.0 Å². The highest BCUT2D eigenvalue weighted by Gasteiger charge is 2.30. The van der Waals surface area contributed by atoms with Gasteiger partial charge in [-0.15, -0.1) is 0 Å². The molecule has 1 amide bonds. The van der Waals surface area contributed by atoms with E-state index < -0.39 is 17.7 Å². The van der Waals surface area contributed by atoms with E-state index in [1.807, 2.05) is 0 Å². The Labute approximate surface area is 131 Å². The maximum atomic E-state index is 12.5. The van der Waals surface area contributed by atoms with Crippen LogP contribution in [0.4, 0.5) is 13.2 Å². The minimum absolute atomic E-state index is 0.0397. The van der Waals surface area contributed by atoms with Gasteiger partial charge in [-0.05, 0) is 49.4 Å². The molecule has 0 aromatic heterocycles. The predicted molar refractivity (Wildman–Crippen MR) is 76.9 cm³/mol. The van der Waals surface area contributed by atoms with Crippen LogP contribution in [0, 0.1) is 5.92 Å². The number of rotatable bonds is 3. The van der Waals surface area contributed by atoms with Gasteiger partial charge in [-0.2, -0.15) is 13.2 Å². The number of carbonyl (C=O) groups excluding carboxylic acids is 1. The molecule has 1 atom stereocenters. The van der Waals surface area contributed by atoms with E-state index in [1.54, 1.807) is 4.90 Å². The molecule has 1 fully saturated rings. The quantitative estimate of drug-likeness (QED) is 0.924. The van der Waals surface area contributed by atoms with Gasteiger partial charge in [0.05, 0.1) is 5.56 Å². The summed E-state index contributed by atoms with van der Waals surface area (Å²) in [4.78, 5) is 24.7. The summed E-state index contributed by atoms with van der Waals surface area (Å²) in [7, 11) is 0. The molecule has 23 heavy (non-hydrogen) atoms. The van der Waals surface area contributed by atoms with E-state index in [0.717, 1.165) is 18.6 Å². The standard InChI is InChI=1S/C16H18F3NO3/c17-16(18,19)13-5-3-12(4-6-13)15(23)20-8-1-2-11(7-9-20)10-14(21)22/h3-6,11H,1-2,7-10H2,(H,21,22)/t11-/m0/s1. The molecule has 1 aromatic carbocycles. The van der Waals surface area contributed by atoms with Gasteiger partial charge in [0.1, 0.15) is 0 Å². The Kier molecular flexibility index (Phi) is 5.28. The number of nitrogens with zero attached hydrogens (tertiary/aromatic N) is 1. The maximum Gasteiger partial charge on any atom is 0.416 e. The maximum absolute atomic E-state index is 12.5. The Morgan fingerprint density at radius 1 is 1.13 bits per heavy atom. The van der Waals surface area contributed by atoms with Crippen LogP contribution in [0.15, 0.2) is 24.3 Å². The van der Waals surface area contributed by atoms with Crippen LogP contribution >= 0.6 is 0 Å². The van der Waals surface area contributed by atoms with Gasteiger partial charge < -0.3 is 10.0 Å². The number of alkyl halides is 3. The van der Waals surface area contributed by atoms with Crippen molar-refractivity contribution in [3.05, 3.63) is 35.4 Å². The number of carboxylic acid groups (broad SMARTS) is 1. The number of hydrogen-bond acceptors (Lipinski definition) is 2. The van der Waals surface area contributed by atoms with E-state index in [0.29, 0.717) is 25.9 Å². The van der Waals surface area contributed by atoms with Crippen molar-refractivity contribution in [3.63, 3.8) is 0 Å². The Balaban J connectivity index is 2.01. The molecule has 1 aromatic rings. The third-order valence-electron chi connectivity index (χ3n) is 4.06. The number of likely N-dealkylation sites (tertiary alicyclic amines) is 1. The molecule has 0 unspecified atom stereocenters. The van der Waals surface area contributed by atoms with E-state index in [4.69, 9.17) is 5.11 Å². The van der Waals surface area contributed by atoms with E-state index in [-0.39, 0.29) is 23.8 Å². The van der Waals surface area contributed by atoms with Gasteiger partial charge >= 0.3 is 12.1 Å². The predicted octanol–water partition coefficient (Wildman–Crippen LogP) is 3.42. The number of carboxylic acids is 1. The Bertz CT molecular complexity index is 569. The summed E-state index contributed by atoms with van der Waals surface area (Å²) in [5.41, 5.74) is -0.568. The topological polar surface area (TPSA) is 57.6 Å². The van der Waals surface area contributed by atoms with Crippen LogP contribution < -0.4 is 0 Å². The Hall–Kier alpha value is -2.05. The van der Waals surface area contributed by atoms with Crippen molar-refractivity contribution in [1.82, 2.24) is 4.90 Å². The smallest absolute Gasteiger partial charge is 0.416 e. The molecule has 0 radical (unpaired) electrons. The molecule has 0 bridgehead atoms. The van der Waals surface area contributed by atoms with Crippen molar-refractivity contribution in [2.24, 2.45) is 5.92 Å². The SMILES string of the molecule is O=C(O)C[C@H]1CCCN(C(=O)c2ccc(C(F)(F)F)cc2)CC1. The fourth-order valence-corrected chi connectivity index (χ4v) is 2.80. The highest BCUT2D eigenvalue weighted by atomic mass is 19.4. The molecule has 1 aliphatic rings. The number of carbonyl (C=O) groups is 2. The molecular weight excluding hydrogens is 311 g/mol. The molecule has 1 saturated heterocycles. The average molecular weight is 329 g/mol. The van der Waals surface area contributed by atoms with Crippen LogP contribution in [0.2, 0.25) is 0 Å². The van der Waals surface area contributed by atoms with Crippen molar-refractivity contribution >= 4 is 11.9 Å². The third-order valence-corrected chi connectivity index (χ3v) is 4.06. The first kappa shape index (κ1) is 17.3. The summed E-state index contributed by atoms with van der Waals surface area (Å²) in [6, 6.07) is 4.17. The molecule has 2 rings (SSSR count). The molecular formula is C16H18F3NO3. The summed E-state index contributed by atoms with van der Waals surface area (Å²) in [5.74, 6) is -1.12. The largest absolute Gasteiger partial charge is 0.481 e. The minimum atomic E-state index is -4.42. The lowest BCUT2D eigenvalue weighted by atomic mass is 9.97. The molecule has 0 spiro atoms. The third kappa shape index (κ3) is 4.71. The second-order valence-electron chi connectivity index (χ2n) is 5.76. The van der Waals surface area contributed by atoms with Gasteiger partial charge in [-0.25, -0.2) is 0 Å². The lowest BCUT2D eigenvalue weighted by Gasteiger charge is -2.21. The number of halogens is 3. The first-order valence-electron chi connectivity index (χ1n) is 7.45. The average Bonchev–Trinajstić information content (AvgIpc) is 2.71. The second kappa shape index (κ2) is 7.02. The molecule has 126 valence electrons. The van der Waals surface area contributed by atoms with Crippen molar-refractivity contribution in [1.29, 1.82) is 0 Å². The molecule has 1 heterocycles. The fourth-order valence-electron chi connectivity index (χ4n) is 2.80. The van der Waals surface area contributed by atoms with Crippen molar-refractivity contribution < 1.29 is 27.9 Å². The molecule has 1 aliphatic heterocycles. The summed E-state index contributed by atoms with van der Waals surface area (Å²) in [6.45, 7) is 0.924. The van der Waals surface area contributed by atoms with E-state index in [1.165, 1.54) is 12.1 Å². The fraction of sp³-hybridized carbons (Fsp3) is 0.500. The minimum Gasteiger partial charge on any atom is -0.481 e. The first-order valence-corrected chi connectivity index (χ1v) is 7.45. The molecule has 0 saturated carbocycles. The Morgan fingerprint density at radius 3 is 2.35 bits per heavy atom. The van der Waals surface area contributed by atoms with Gasteiger partial charge in [0, 0.05) is 25.1 Å². The molecule has 4 nitrogen and oxygen atoms in total. The van der Waals surface area contributed by atoms with Gasteiger partial charge in [0.15, 0.2) is 0 Å². The highest BCUT2D eigenvalue weighted by molar-refractivity contribution is 5.94. The van der Waals surface area contributed by atoms with Crippen LogP contribution in [0.25, 0.3) is 0 Å². The van der Waals surface area contributed by atoms with Gasteiger partial charge in [0.25, 0.3) is 5.91 Å². The number of amides is 1. The summed E-state index contributed by atoms with van der Waals surface area (Å²) in [5, 5.41) is 8.83. The molecule has 0 aliphatic carbocycles. The summed E-state index contributed by atoms with van der Waals surface area (Å²) in [6.07, 6.45) is -2.30. The van der Waals surface area contributed by atoms with Crippen molar-refractivity contribution in [2.75, 3.05) is 13.1 Å².